The van der Waals surface area contributed by atoms with Crippen molar-refractivity contribution >= 4 is 22.6 Å². The summed E-state index contributed by atoms with van der Waals surface area (Å²) in [5.74, 6) is -2.15. The minimum absolute atomic E-state index is 0.121. The first-order chi connectivity index (χ1) is 10.0. The van der Waals surface area contributed by atoms with E-state index >= 15 is 0 Å². The fraction of sp³-hybridized carbons (Fsp3) is 0. The van der Waals surface area contributed by atoms with Gasteiger partial charge in [0.1, 0.15) is 11.6 Å². The first-order valence-electron chi connectivity index (χ1n) is 6.01. The monoisotopic (exact) mass is 289 g/mol. The summed E-state index contributed by atoms with van der Waals surface area (Å²) < 4.78 is 26.3. The number of benzene rings is 2. The molecule has 2 aromatic carbocycles. The topological polar surface area (TPSA) is 77.8 Å². The SMILES string of the molecule is O=C(Nc1ccc(F)cc1F)c1ccc2[nH]c(=O)[nH]c2c1. The van der Waals surface area contributed by atoms with Gasteiger partial charge in [-0.25, -0.2) is 13.6 Å². The second kappa shape index (κ2) is 4.86. The van der Waals surface area contributed by atoms with E-state index in [-0.39, 0.29) is 16.9 Å². The number of H-pyrrole nitrogens is 2. The van der Waals surface area contributed by atoms with Crippen molar-refractivity contribution in [2.75, 3.05) is 5.32 Å². The highest BCUT2D eigenvalue weighted by atomic mass is 19.1. The van der Waals surface area contributed by atoms with E-state index in [0.717, 1.165) is 12.1 Å². The Hall–Kier alpha value is -2.96. The molecule has 3 N–H and O–H groups in total. The zero-order chi connectivity index (χ0) is 15.0. The second-order valence-electron chi connectivity index (χ2n) is 4.42. The van der Waals surface area contributed by atoms with Crippen molar-refractivity contribution in [2.45, 2.75) is 0 Å². The maximum absolute atomic E-state index is 13.5. The molecule has 0 aliphatic carbocycles. The smallest absolute Gasteiger partial charge is 0.319 e. The number of halogens is 2. The molecule has 0 spiro atoms. The van der Waals surface area contributed by atoms with Crippen LogP contribution in [0.3, 0.4) is 0 Å². The molecule has 0 unspecified atom stereocenters. The van der Waals surface area contributed by atoms with Crippen molar-refractivity contribution in [3.63, 3.8) is 0 Å². The van der Waals surface area contributed by atoms with Crippen molar-refractivity contribution in [1.82, 2.24) is 9.97 Å². The highest BCUT2D eigenvalue weighted by molar-refractivity contribution is 6.05. The largest absolute Gasteiger partial charge is 0.323 e. The summed E-state index contributed by atoms with van der Waals surface area (Å²) in [5, 5.41) is 2.34. The average molecular weight is 289 g/mol. The van der Waals surface area contributed by atoms with Gasteiger partial charge in [0.15, 0.2) is 0 Å². The zero-order valence-corrected chi connectivity index (χ0v) is 10.5. The molecule has 0 radical (unpaired) electrons. The number of imidazole rings is 1. The minimum Gasteiger partial charge on any atom is -0.319 e. The van der Waals surface area contributed by atoms with E-state index in [9.17, 15) is 18.4 Å². The normalized spacial score (nSPS) is 10.8. The van der Waals surface area contributed by atoms with Crippen LogP contribution in [0.25, 0.3) is 11.0 Å². The molecule has 7 heteroatoms. The molecule has 0 fully saturated rings. The second-order valence-corrected chi connectivity index (χ2v) is 4.42. The molecular weight excluding hydrogens is 280 g/mol. The van der Waals surface area contributed by atoms with Gasteiger partial charge in [0.2, 0.25) is 0 Å². The average Bonchev–Trinajstić information content (AvgIpc) is 2.80. The molecule has 0 atom stereocenters. The number of rotatable bonds is 2. The minimum atomic E-state index is -0.862. The fourth-order valence-corrected chi connectivity index (χ4v) is 1.96. The van der Waals surface area contributed by atoms with Crippen LogP contribution in [0.2, 0.25) is 0 Å². The van der Waals surface area contributed by atoms with E-state index < -0.39 is 17.5 Å². The molecule has 0 bridgehead atoms. The number of nitrogens with one attached hydrogen (secondary N) is 3. The Morgan fingerprint density at radius 2 is 1.76 bits per heavy atom. The molecule has 21 heavy (non-hydrogen) atoms. The summed E-state index contributed by atoms with van der Waals surface area (Å²) >= 11 is 0. The third-order valence-electron chi connectivity index (χ3n) is 2.96. The molecular formula is C14H9F2N3O2. The van der Waals surface area contributed by atoms with Gasteiger partial charge in [-0.2, -0.15) is 0 Å². The summed E-state index contributed by atoms with van der Waals surface area (Å²) in [6, 6.07) is 7.38. The number of aromatic nitrogens is 2. The maximum Gasteiger partial charge on any atom is 0.323 e. The highest BCUT2D eigenvalue weighted by Crippen LogP contribution is 2.17. The van der Waals surface area contributed by atoms with Crippen LogP contribution < -0.4 is 11.0 Å². The van der Waals surface area contributed by atoms with Gasteiger partial charge < -0.3 is 15.3 Å². The molecule has 1 amide bonds. The van der Waals surface area contributed by atoms with Gasteiger partial charge in [-0.1, -0.05) is 0 Å². The number of hydrogen-bond donors (Lipinski definition) is 3. The Balaban J connectivity index is 1.91. The molecule has 0 saturated carbocycles. The number of carbonyl (C=O) groups is 1. The predicted molar refractivity (Wildman–Crippen MR) is 73.2 cm³/mol. The third-order valence-corrected chi connectivity index (χ3v) is 2.96. The van der Waals surface area contributed by atoms with E-state index in [1.54, 1.807) is 6.07 Å². The van der Waals surface area contributed by atoms with Crippen molar-refractivity contribution in [3.05, 3.63) is 64.1 Å². The van der Waals surface area contributed by atoms with E-state index in [0.29, 0.717) is 17.1 Å². The quantitative estimate of drug-likeness (QED) is 0.677. The summed E-state index contributed by atoms with van der Waals surface area (Å²) in [4.78, 5) is 28.2. The molecule has 0 aliphatic heterocycles. The molecule has 5 nitrogen and oxygen atoms in total. The van der Waals surface area contributed by atoms with Crippen molar-refractivity contribution < 1.29 is 13.6 Å². The van der Waals surface area contributed by atoms with Crippen LogP contribution in [0.15, 0.2) is 41.2 Å². The maximum atomic E-state index is 13.5. The summed E-state index contributed by atoms with van der Waals surface area (Å²) in [6.45, 7) is 0. The van der Waals surface area contributed by atoms with Crippen molar-refractivity contribution in [1.29, 1.82) is 0 Å². The molecule has 0 aliphatic rings. The lowest BCUT2D eigenvalue weighted by molar-refractivity contribution is 0.102. The van der Waals surface area contributed by atoms with E-state index in [4.69, 9.17) is 0 Å². The molecule has 3 aromatic rings. The molecule has 1 aromatic heterocycles. The van der Waals surface area contributed by atoms with E-state index in [1.807, 2.05) is 0 Å². The van der Waals surface area contributed by atoms with Gasteiger partial charge in [-0.3, -0.25) is 4.79 Å². The van der Waals surface area contributed by atoms with Crippen molar-refractivity contribution in [3.8, 4) is 0 Å². The number of amides is 1. The summed E-state index contributed by atoms with van der Waals surface area (Å²) in [5.41, 5.74) is 0.759. The molecule has 106 valence electrons. The molecule has 0 saturated heterocycles. The number of hydrogen-bond acceptors (Lipinski definition) is 2. The lowest BCUT2D eigenvalue weighted by Crippen LogP contribution is -2.13. The van der Waals surface area contributed by atoms with Gasteiger partial charge in [0, 0.05) is 11.6 Å². The number of aromatic amines is 2. The van der Waals surface area contributed by atoms with Gasteiger partial charge in [-0.05, 0) is 30.3 Å². The van der Waals surface area contributed by atoms with Crippen molar-refractivity contribution in [2.24, 2.45) is 0 Å². The highest BCUT2D eigenvalue weighted by Gasteiger charge is 2.11. The van der Waals surface area contributed by atoms with Crippen LogP contribution in [-0.2, 0) is 0 Å². The number of anilines is 1. The third kappa shape index (κ3) is 2.53. The van der Waals surface area contributed by atoms with E-state index in [1.165, 1.54) is 12.1 Å². The predicted octanol–water partition coefficient (Wildman–Crippen LogP) is 2.39. The van der Waals surface area contributed by atoms with Crippen LogP contribution >= 0.6 is 0 Å². The molecule has 1 heterocycles. The van der Waals surface area contributed by atoms with Crippen LogP contribution in [0.5, 0.6) is 0 Å². The van der Waals surface area contributed by atoms with E-state index in [2.05, 4.69) is 15.3 Å². The van der Waals surface area contributed by atoms with Crippen LogP contribution in [-0.4, -0.2) is 15.9 Å². The Bertz CT molecular complexity index is 899. The Labute approximate surface area is 116 Å². The van der Waals surface area contributed by atoms with Gasteiger partial charge in [0.05, 0.1) is 16.7 Å². The van der Waals surface area contributed by atoms with Crippen LogP contribution in [0.4, 0.5) is 14.5 Å². The Kier molecular flexibility index (Phi) is 3.02. The summed E-state index contributed by atoms with van der Waals surface area (Å²) in [7, 11) is 0. The van der Waals surface area contributed by atoms with Gasteiger partial charge in [0.25, 0.3) is 5.91 Å². The zero-order valence-electron chi connectivity index (χ0n) is 10.5. The molecule has 3 rings (SSSR count). The van der Waals surface area contributed by atoms with Crippen LogP contribution in [0, 0.1) is 11.6 Å². The summed E-state index contributed by atoms with van der Waals surface area (Å²) in [6.07, 6.45) is 0. The number of carbonyl (C=O) groups excluding carboxylic acids is 1. The van der Waals surface area contributed by atoms with Crippen LogP contribution in [0.1, 0.15) is 10.4 Å². The van der Waals surface area contributed by atoms with Gasteiger partial charge in [-0.15, -0.1) is 0 Å². The first kappa shape index (κ1) is 13.0. The standard InChI is InChI=1S/C14H9F2N3O2/c15-8-2-4-10(9(16)6-8)17-13(20)7-1-3-11-12(5-7)19-14(21)18-11/h1-6H,(H,17,20)(H2,18,19,21). The number of fused-ring (bicyclic) bond motifs is 1. The Morgan fingerprint density at radius 3 is 2.52 bits per heavy atom. The van der Waals surface area contributed by atoms with Gasteiger partial charge >= 0.3 is 5.69 Å². The fourth-order valence-electron chi connectivity index (χ4n) is 1.96. The lowest BCUT2D eigenvalue weighted by atomic mass is 10.2. The Morgan fingerprint density at radius 1 is 1.00 bits per heavy atom. The lowest BCUT2D eigenvalue weighted by Gasteiger charge is -2.06. The first-order valence-corrected chi connectivity index (χ1v) is 6.01.